The van der Waals surface area contributed by atoms with Gasteiger partial charge in [-0.3, -0.25) is 0 Å². The maximum absolute atomic E-state index is 6.69. The summed E-state index contributed by atoms with van der Waals surface area (Å²) in [6.45, 7) is 0. The van der Waals surface area contributed by atoms with Crippen LogP contribution in [0.25, 0.3) is 88.7 Å². The molecule has 3 aliphatic rings. The number of fused-ring (bicyclic) bond motifs is 21. The summed E-state index contributed by atoms with van der Waals surface area (Å²) in [5.74, 6) is 0. The quantitative estimate of drug-likeness (QED) is 0.171. The number of hydrogen-bond acceptors (Lipinski definition) is 3. The molecular weight excluding hydrogens is 921 g/mol. The van der Waals surface area contributed by atoms with Crippen LogP contribution >= 0.6 is 0 Å². The van der Waals surface area contributed by atoms with Crippen LogP contribution in [0, 0.1) is 0 Å². The van der Waals surface area contributed by atoms with Crippen molar-refractivity contribution in [1.29, 1.82) is 0 Å². The van der Waals surface area contributed by atoms with E-state index < -0.39 is 5.41 Å². The predicted molar refractivity (Wildman–Crippen MR) is 315 cm³/mol. The zero-order chi connectivity index (χ0) is 49.9. The van der Waals surface area contributed by atoms with Crippen LogP contribution in [0.1, 0.15) is 22.3 Å². The van der Waals surface area contributed by atoms with E-state index in [4.69, 9.17) is 4.42 Å². The second-order valence-corrected chi connectivity index (χ2v) is 20.2. The van der Waals surface area contributed by atoms with Gasteiger partial charge in [-0.1, -0.05) is 212 Å². The first-order valence-electron chi connectivity index (χ1n) is 26.2. The van der Waals surface area contributed by atoms with E-state index in [1.807, 2.05) is 0 Å². The van der Waals surface area contributed by atoms with Crippen molar-refractivity contribution in [1.82, 2.24) is 0 Å². The molecule has 0 radical (unpaired) electrons. The first-order valence-corrected chi connectivity index (χ1v) is 26.2. The molecule has 3 heteroatoms. The zero-order valence-electron chi connectivity index (χ0n) is 41.4. The molecule has 0 amide bonds. The van der Waals surface area contributed by atoms with Crippen molar-refractivity contribution < 1.29 is 4.42 Å². The molecule has 1 unspecified atom stereocenters. The lowest BCUT2D eigenvalue weighted by atomic mass is 9.65. The van der Waals surface area contributed by atoms with Gasteiger partial charge in [-0.2, -0.15) is 0 Å². The third-order valence-electron chi connectivity index (χ3n) is 16.4. The summed E-state index contributed by atoms with van der Waals surface area (Å²) in [5.41, 5.74) is 27.0. The van der Waals surface area contributed by atoms with E-state index in [9.17, 15) is 0 Å². The molecule has 0 bridgehead atoms. The zero-order valence-corrected chi connectivity index (χ0v) is 41.4. The lowest BCUT2D eigenvalue weighted by Gasteiger charge is -2.37. The molecule has 354 valence electrons. The maximum atomic E-state index is 6.69. The highest BCUT2D eigenvalue weighted by molar-refractivity contribution is 6.16. The smallest absolute Gasteiger partial charge is 0.136 e. The number of furan rings is 1. The first kappa shape index (κ1) is 42.5. The van der Waals surface area contributed by atoms with Crippen molar-refractivity contribution in [2.24, 2.45) is 0 Å². The molecule has 13 aromatic rings. The Bertz CT molecular complexity index is 4490. The molecule has 16 rings (SSSR count). The van der Waals surface area contributed by atoms with Crippen LogP contribution in [0.3, 0.4) is 0 Å². The molecule has 1 aliphatic heterocycles. The van der Waals surface area contributed by atoms with Crippen molar-refractivity contribution in [2.75, 3.05) is 9.80 Å². The molecule has 1 atom stereocenters. The van der Waals surface area contributed by atoms with Crippen molar-refractivity contribution in [3.8, 4) is 66.8 Å². The summed E-state index contributed by atoms with van der Waals surface area (Å²) < 4.78 is 6.69. The largest absolute Gasteiger partial charge is 0.456 e. The van der Waals surface area contributed by atoms with Crippen LogP contribution in [0.2, 0.25) is 0 Å². The van der Waals surface area contributed by atoms with E-state index in [-0.39, 0.29) is 0 Å². The lowest BCUT2D eigenvalue weighted by molar-refractivity contribution is 0.668. The summed E-state index contributed by atoms with van der Waals surface area (Å²) in [6.07, 6.45) is 0. The maximum Gasteiger partial charge on any atom is 0.136 e. The van der Waals surface area contributed by atoms with E-state index in [2.05, 4.69) is 289 Å². The van der Waals surface area contributed by atoms with Crippen molar-refractivity contribution >= 4 is 56.1 Å². The SMILES string of the molecule is c1ccc(-c2ccccc2N(c2ccc3c(c2)-c2ccccc2N(c2ccccc2)c2ccccc2-3)c2ccc3c(c2)C2(c4ccccc4-c4ccccc4-3)c3ccccc3-c3c2ccc2oc4ccccc4c32)cc1. The number of benzene rings is 12. The summed E-state index contributed by atoms with van der Waals surface area (Å²) in [4.78, 5) is 4.94. The second kappa shape index (κ2) is 16.5. The Labute approximate surface area is 441 Å². The molecule has 0 saturated carbocycles. The van der Waals surface area contributed by atoms with Crippen LogP contribution < -0.4 is 9.80 Å². The Morgan fingerprint density at radius 3 is 1.57 bits per heavy atom. The molecular formula is C73H46N2O. The highest BCUT2D eigenvalue weighted by atomic mass is 16.3. The van der Waals surface area contributed by atoms with Gasteiger partial charge in [0.25, 0.3) is 0 Å². The van der Waals surface area contributed by atoms with Crippen LogP contribution in [0.5, 0.6) is 0 Å². The fraction of sp³-hybridized carbons (Fsp3) is 0.0137. The predicted octanol–water partition coefficient (Wildman–Crippen LogP) is 19.9. The number of nitrogens with zero attached hydrogens (tertiary/aromatic N) is 2. The lowest BCUT2D eigenvalue weighted by Crippen LogP contribution is -2.29. The standard InChI is InChI=1S/C73H46N2O/c1-3-21-47(22-4-1)51-25-11-17-35-66(51)74(49-39-41-54-57-29-12-18-36-67(57)75(48-23-5-2-6-24-48)68-37-19-13-30-58(68)61(54)45-49)50-40-42-56-53-27-8-7-26-52(53)55-28-9-15-33-62(55)73(65(56)46-50)63-34-16-10-31-59(63)71-64(73)43-44-70-72(71)60-32-14-20-38-69(60)76-70/h1-46H. The highest BCUT2D eigenvalue weighted by Gasteiger charge is 2.51. The van der Waals surface area contributed by atoms with Crippen molar-refractivity contribution in [2.45, 2.75) is 5.41 Å². The van der Waals surface area contributed by atoms with Gasteiger partial charge in [0.1, 0.15) is 11.2 Å². The van der Waals surface area contributed by atoms with Crippen LogP contribution in [0.4, 0.5) is 34.1 Å². The monoisotopic (exact) mass is 966 g/mol. The minimum absolute atomic E-state index is 0.735. The van der Waals surface area contributed by atoms with Gasteiger partial charge in [0.15, 0.2) is 0 Å². The molecule has 12 aromatic carbocycles. The average molecular weight is 967 g/mol. The topological polar surface area (TPSA) is 19.6 Å². The minimum Gasteiger partial charge on any atom is -0.456 e. The molecule has 3 nitrogen and oxygen atoms in total. The molecule has 76 heavy (non-hydrogen) atoms. The van der Waals surface area contributed by atoms with Gasteiger partial charge in [-0.15, -0.1) is 0 Å². The molecule has 1 aromatic heterocycles. The summed E-state index contributed by atoms with van der Waals surface area (Å²) in [6, 6.07) is 103. The van der Waals surface area contributed by atoms with Crippen molar-refractivity contribution in [3.05, 3.63) is 301 Å². The summed E-state index contributed by atoms with van der Waals surface area (Å²) in [5, 5.41) is 2.29. The van der Waals surface area contributed by atoms with Gasteiger partial charge in [0.2, 0.25) is 0 Å². The molecule has 0 fully saturated rings. The van der Waals surface area contributed by atoms with Gasteiger partial charge in [-0.05, 0) is 139 Å². The molecule has 0 saturated heterocycles. The number of rotatable bonds is 5. The molecule has 1 spiro atoms. The third kappa shape index (κ3) is 5.99. The fourth-order valence-corrected chi connectivity index (χ4v) is 13.4. The average Bonchev–Trinajstić information content (AvgIpc) is 3.96. The number of hydrogen-bond donors (Lipinski definition) is 0. The Kier molecular flexibility index (Phi) is 9.25. The molecule has 0 N–H and O–H groups in total. The summed E-state index contributed by atoms with van der Waals surface area (Å²) >= 11 is 0. The number of anilines is 6. The highest BCUT2D eigenvalue weighted by Crippen LogP contribution is 2.64. The van der Waals surface area contributed by atoms with Gasteiger partial charge >= 0.3 is 0 Å². The first-order chi connectivity index (χ1) is 37.7. The summed E-state index contributed by atoms with van der Waals surface area (Å²) in [7, 11) is 0. The van der Waals surface area contributed by atoms with Gasteiger partial charge < -0.3 is 14.2 Å². The Hall–Kier alpha value is -9.96. The minimum atomic E-state index is -0.735. The van der Waals surface area contributed by atoms with E-state index in [1.165, 1.54) is 77.9 Å². The number of para-hydroxylation sites is 5. The van der Waals surface area contributed by atoms with Crippen LogP contribution in [-0.4, -0.2) is 0 Å². The fourth-order valence-electron chi connectivity index (χ4n) is 13.4. The second-order valence-electron chi connectivity index (χ2n) is 20.2. The molecule has 2 heterocycles. The normalized spacial score (nSPS) is 14.3. The van der Waals surface area contributed by atoms with Crippen molar-refractivity contribution in [3.63, 3.8) is 0 Å². The van der Waals surface area contributed by atoms with Gasteiger partial charge in [0.05, 0.1) is 22.5 Å². The Morgan fingerprint density at radius 1 is 0.316 bits per heavy atom. The third-order valence-corrected chi connectivity index (χ3v) is 16.4. The van der Waals surface area contributed by atoms with E-state index >= 15 is 0 Å². The van der Waals surface area contributed by atoms with Gasteiger partial charge in [-0.25, -0.2) is 0 Å². The van der Waals surface area contributed by atoms with E-state index in [0.29, 0.717) is 0 Å². The van der Waals surface area contributed by atoms with Crippen LogP contribution in [0.15, 0.2) is 283 Å². The van der Waals surface area contributed by atoms with E-state index in [1.54, 1.807) is 0 Å². The van der Waals surface area contributed by atoms with E-state index in [0.717, 1.165) is 67.2 Å². The Balaban J connectivity index is 1.02. The van der Waals surface area contributed by atoms with Gasteiger partial charge in [0, 0.05) is 44.5 Å². The Morgan fingerprint density at radius 2 is 0.829 bits per heavy atom. The molecule has 2 aliphatic carbocycles. The van der Waals surface area contributed by atoms with Crippen LogP contribution in [-0.2, 0) is 5.41 Å².